The zero-order valence-electron chi connectivity index (χ0n) is 13.8. The van der Waals surface area contributed by atoms with E-state index in [0.717, 1.165) is 12.8 Å². The fourth-order valence-corrected chi connectivity index (χ4v) is 1.69. The van der Waals surface area contributed by atoms with Gasteiger partial charge in [0.05, 0.1) is 13.2 Å². The first-order valence-electron chi connectivity index (χ1n) is 7.40. The minimum atomic E-state index is -4.71. The zero-order chi connectivity index (χ0) is 17.8. The quantitative estimate of drug-likeness (QED) is 0.234. The van der Waals surface area contributed by atoms with Crippen molar-refractivity contribution in [1.82, 2.24) is 0 Å². The topological polar surface area (TPSA) is 78.1 Å². The van der Waals surface area contributed by atoms with Crippen LogP contribution in [0.2, 0.25) is 0 Å². The molecular weight excluding hydrogens is 454 g/mol. The molecule has 0 atom stereocenters. The van der Waals surface area contributed by atoms with Gasteiger partial charge < -0.3 is 25.3 Å². The Kier molecular flexibility index (Phi) is 12.3. The molecule has 0 radical (unpaired) electrons. The molecule has 0 aliphatic heterocycles. The minimum Gasteiger partial charge on any atom is -0.406 e. The Balaban J connectivity index is 0.00000576. The second-order valence-electron chi connectivity index (χ2n) is 4.78. The fourth-order valence-electron chi connectivity index (χ4n) is 1.69. The van der Waals surface area contributed by atoms with Crippen LogP contribution in [0.5, 0.6) is 5.75 Å². The van der Waals surface area contributed by atoms with Crippen LogP contribution in [0.1, 0.15) is 12.8 Å². The smallest absolute Gasteiger partial charge is 0.406 e. The molecule has 1 rings (SSSR count). The number of rotatable bonds is 10. The molecular formula is C15H23F3IN3O3. The van der Waals surface area contributed by atoms with Crippen molar-refractivity contribution >= 4 is 35.6 Å². The Morgan fingerprint density at radius 1 is 1.12 bits per heavy atom. The van der Waals surface area contributed by atoms with E-state index in [1.807, 2.05) is 0 Å². The van der Waals surface area contributed by atoms with Gasteiger partial charge in [0.15, 0.2) is 5.96 Å². The van der Waals surface area contributed by atoms with Crippen LogP contribution in [0.3, 0.4) is 0 Å². The summed E-state index contributed by atoms with van der Waals surface area (Å²) in [6.45, 7) is 2.30. The normalized spacial score (nSPS) is 11.8. The average molecular weight is 477 g/mol. The van der Waals surface area contributed by atoms with Crippen molar-refractivity contribution in [3.05, 3.63) is 24.3 Å². The van der Waals surface area contributed by atoms with E-state index < -0.39 is 6.36 Å². The number of methoxy groups -OCH3 is 1. The summed E-state index contributed by atoms with van der Waals surface area (Å²) in [5.74, 6) is -0.100. The molecule has 0 bridgehead atoms. The van der Waals surface area contributed by atoms with Gasteiger partial charge in [0.2, 0.25) is 0 Å². The predicted octanol–water partition coefficient (Wildman–Crippen LogP) is 3.37. The third kappa shape index (κ3) is 12.7. The summed E-state index contributed by atoms with van der Waals surface area (Å²) in [7, 11) is 1.62. The molecule has 0 unspecified atom stereocenters. The molecule has 0 saturated heterocycles. The number of ether oxygens (including phenoxy) is 3. The average Bonchev–Trinajstić information content (AvgIpc) is 2.50. The van der Waals surface area contributed by atoms with E-state index in [1.165, 1.54) is 24.3 Å². The summed E-state index contributed by atoms with van der Waals surface area (Å²) in [6.07, 6.45) is -3.04. The van der Waals surface area contributed by atoms with Crippen LogP contribution in [-0.4, -0.2) is 45.8 Å². The van der Waals surface area contributed by atoms with Gasteiger partial charge in [-0.1, -0.05) is 0 Å². The molecule has 1 aromatic rings. The number of nitrogens with one attached hydrogen (secondary N) is 1. The molecule has 25 heavy (non-hydrogen) atoms. The zero-order valence-corrected chi connectivity index (χ0v) is 16.2. The number of benzene rings is 1. The van der Waals surface area contributed by atoms with Crippen molar-refractivity contribution in [3.63, 3.8) is 0 Å². The molecule has 0 fully saturated rings. The number of halogens is 4. The summed E-state index contributed by atoms with van der Waals surface area (Å²) < 4.78 is 50.1. The van der Waals surface area contributed by atoms with Gasteiger partial charge in [-0.3, -0.25) is 4.99 Å². The summed E-state index contributed by atoms with van der Waals surface area (Å²) >= 11 is 0. The van der Waals surface area contributed by atoms with Gasteiger partial charge in [-0.05, 0) is 37.1 Å². The number of alkyl halides is 3. The van der Waals surface area contributed by atoms with Crippen molar-refractivity contribution in [2.45, 2.75) is 19.2 Å². The second-order valence-corrected chi connectivity index (χ2v) is 4.78. The van der Waals surface area contributed by atoms with Crippen molar-refractivity contribution in [2.75, 3.05) is 38.8 Å². The predicted molar refractivity (Wildman–Crippen MR) is 101 cm³/mol. The molecule has 0 heterocycles. The third-order valence-electron chi connectivity index (χ3n) is 2.77. The van der Waals surface area contributed by atoms with E-state index >= 15 is 0 Å². The lowest BCUT2D eigenvalue weighted by Crippen LogP contribution is -2.23. The maximum Gasteiger partial charge on any atom is 0.573 e. The Hall–Kier alpha value is -1.27. The molecule has 144 valence electrons. The molecule has 0 aliphatic rings. The largest absolute Gasteiger partial charge is 0.573 e. The second kappa shape index (κ2) is 13.0. The van der Waals surface area contributed by atoms with Gasteiger partial charge in [0.25, 0.3) is 0 Å². The highest BCUT2D eigenvalue weighted by atomic mass is 127. The number of nitrogens with zero attached hydrogens (tertiary/aromatic N) is 1. The lowest BCUT2D eigenvalue weighted by molar-refractivity contribution is -0.274. The highest BCUT2D eigenvalue weighted by molar-refractivity contribution is 14.0. The molecule has 1 aromatic carbocycles. The Bertz CT molecular complexity index is 499. The fraction of sp³-hybridized carbons (Fsp3) is 0.533. The van der Waals surface area contributed by atoms with Gasteiger partial charge in [0.1, 0.15) is 5.75 Å². The van der Waals surface area contributed by atoms with Crippen molar-refractivity contribution in [1.29, 1.82) is 0 Å². The molecule has 10 heteroatoms. The van der Waals surface area contributed by atoms with Gasteiger partial charge >= 0.3 is 6.36 Å². The molecule has 0 saturated carbocycles. The molecule has 0 spiro atoms. The summed E-state index contributed by atoms with van der Waals surface area (Å²) in [5, 5.41) is 2.79. The van der Waals surface area contributed by atoms with Crippen LogP contribution in [0.15, 0.2) is 29.3 Å². The van der Waals surface area contributed by atoms with E-state index in [0.29, 0.717) is 32.1 Å². The lowest BCUT2D eigenvalue weighted by atomic mass is 10.3. The highest BCUT2D eigenvalue weighted by Gasteiger charge is 2.30. The number of anilines is 1. The standard InChI is InChI=1S/C15H22F3N3O3.HI/c1-22-10-11-23-9-3-2-8-20-14(19)21-12-4-6-13(7-5-12)24-15(16,17)18;/h4-7H,2-3,8-11H2,1H3,(H3,19,20,21);1H. The van der Waals surface area contributed by atoms with E-state index in [-0.39, 0.29) is 35.7 Å². The van der Waals surface area contributed by atoms with Crippen LogP contribution < -0.4 is 15.8 Å². The molecule has 0 amide bonds. The first kappa shape index (κ1) is 23.7. The van der Waals surface area contributed by atoms with E-state index in [1.54, 1.807) is 7.11 Å². The van der Waals surface area contributed by atoms with Crippen LogP contribution in [0, 0.1) is 0 Å². The van der Waals surface area contributed by atoms with Crippen molar-refractivity contribution < 1.29 is 27.4 Å². The number of nitrogens with two attached hydrogens (primary N) is 1. The first-order chi connectivity index (χ1) is 11.4. The molecule has 3 N–H and O–H groups in total. The van der Waals surface area contributed by atoms with Crippen molar-refractivity contribution in [2.24, 2.45) is 10.7 Å². The van der Waals surface area contributed by atoms with Crippen LogP contribution >= 0.6 is 24.0 Å². The number of unbranched alkanes of at least 4 members (excludes halogenated alkanes) is 1. The third-order valence-corrected chi connectivity index (χ3v) is 2.77. The summed E-state index contributed by atoms with van der Waals surface area (Å²) in [5.41, 5.74) is 6.23. The molecule has 0 aromatic heterocycles. The Morgan fingerprint density at radius 2 is 1.80 bits per heavy atom. The Labute approximate surface area is 161 Å². The van der Waals surface area contributed by atoms with Gasteiger partial charge in [-0.2, -0.15) is 0 Å². The summed E-state index contributed by atoms with van der Waals surface area (Å²) in [6, 6.07) is 5.24. The summed E-state index contributed by atoms with van der Waals surface area (Å²) in [4.78, 5) is 4.13. The maximum atomic E-state index is 12.0. The van der Waals surface area contributed by atoms with Gasteiger partial charge in [0, 0.05) is 25.9 Å². The van der Waals surface area contributed by atoms with E-state index in [4.69, 9.17) is 15.2 Å². The van der Waals surface area contributed by atoms with Gasteiger partial charge in [-0.15, -0.1) is 37.1 Å². The monoisotopic (exact) mass is 477 g/mol. The maximum absolute atomic E-state index is 12.0. The van der Waals surface area contributed by atoms with E-state index in [2.05, 4.69) is 15.0 Å². The first-order valence-corrected chi connectivity index (χ1v) is 7.40. The lowest BCUT2D eigenvalue weighted by Gasteiger charge is -2.10. The van der Waals surface area contributed by atoms with Crippen LogP contribution in [-0.2, 0) is 9.47 Å². The highest BCUT2D eigenvalue weighted by Crippen LogP contribution is 2.23. The number of hydrogen-bond donors (Lipinski definition) is 2. The molecule has 0 aliphatic carbocycles. The van der Waals surface area contributed by atoms with Crippen LogP contribution in [0.4, 0.5) is 18.9 Å². The number of hydrogen-bond acceptors (Lipinski definition) is 4. The minimum absolute atomic E-state index is 0. The SMILES string of the molecule is COCCOCCCCN=C(N)Nc1ccc(OC(F)(F)F)cc1.I. The molecule has 6 nitrogen and oxygen atoms in total. The van der Waals surface area contributed by atoms with E-state index in [9.17, 15) is 13.2 Å². The van der Waals surface area contributed by atoms with Crippen molar-refractivity contribution in [3.8, 4) is 5.75 Å². The van der Waals surface area contributed by atoms with Gasteiger partial charge in [-0.25, -0.2) is 0 Å². The number of guanidine groups is 1. The van der Waals surface area contributed by atoms with Crippen LogP contribution in [0.25, 0.3) is 0 Å². The Morgan fingerprint density at radius 3 is 2.40 bits per heavy atom. The number of aliphatic imine (C=N–C) groups is 1.